The molecule has 0 heterocycles. The minimum absolute atomic E-state index is 0.192. The Morgan fingerprint density at radius 2 is 1.58 bits per heavy atom. The van der Waals surface area contributed by atoms with E-state index in [1.165, 1.54) is 5.56 Å². The Morgan fingerprint density at radius 1 is 0.923 bits per heavy atom. The largest absolute Gasteiger partial charge is 0.379 e. The predicted molar refractivity (Wildman–Crippen MR) is 108 cm³/mol. The molecule has 0 unspecified atom stereocenters. The summed E-state index contributed by atoms with van der Waals surface area (Å²) in [7, 11) is 0. The average molecular weight is 364 g/mol. The van der Waals surface area contributed by atoms with Crippen LogP contribution in [0.5, 0.6) is 0 Å². The van der Waals surface area contributed by atoms with E-state index in [1.807, 2.05) is 12.1 Å². The molecule has 0 amide bonds. The first kappa shape index (κ1) is 22.8. The summed E-state index contributed by atoms with van der Waals surface area (Å²) in [6.45, 7) is 13.2. The fourth-order valence-corrected chi connectivity index (χ4v) is 2.63. The van der Waals surface area contributed by atoms with Crippen molar-refractivity contribution in [1.82, 2.24) is 5.32 Å². The summed E-state index contributed by atoms with van der Waals surface area (Å²) >= 11 is 0. The molecule has 0 bridgehead atoms. The van der Waals surface area contributed by atoms with Crippen LogP contribution in [-0.2, 0) is 15.9 Å². The number of hydrogen-bond acceptors (Lipinski definition) is 4. The van der Waals surface area contributed by atoms with E-state index in [0.717, 1.165) is 31.5 Å². The van der Waals surface area contributed by atoms with Crippen molar-refractivity contribution in [3.8, 4) is 0 Å². The maximum absolute atomic E-state index is 12.2. The van der Waals surface area contributed by atoms with Gasteiger partial charge in [0.05, 0.1) is 19.8 Å². The van der Waals surface area contributed by atoms with Crippen molar-refractivity contribution in [2.45, 2.75) is 47.0 Å². The van der Waals surface area contributed by atoms with E-state index in [0.29, 0.717) is 44.7 Å². The molecule has 4 nitrogen and oxygen atoms in total. The number of carbonyl (C=O) groups excluding carboxylic acids is 1. The molecule has 1 aromatic carbocycles. The molecule has 1 N–H and O–H groups in total. The molecule has 0 radical (unpaired) electrons. The van der Waals surface area contributed by atoms with E-state index in [4.69, 9.17) is 9.47 Å². The smallest absolute Gasteiger partial charge is 0.162 e. The zero-order chi connectivity index (χ0) is 19.2. The van der Waals surface area contributed by atoms with Gasteiger partial charge in [0.1, 0.15) is 0 Å². The van der Waals surface area contributed by atoms with Gasteiger partial charge in [0.25, 0.3) is 0 Å². The van der Waals surface area contributed by atoms with Gasteiger partial charge in [0, 0.05) is 25.1 Å². The minimum Gasteiger partial charge on any atom is -0.379 e. The first-order valence-corrected chi connectivity index (χ1v) is 9.97. The lowest BCUT2D eigenvalue weighted by atomic mass is 10.00. The van der Waals surface area contributed by atoms with Gasteiger partial charge in [-0.15, -0.1) is 0 Å². The monoisotopic (exact) mass is 363 g/mol. The second-order valence-corrected chi connectivity index (χ2v) is 7.64. The highest BCUT2D eigenvalue weighted by Gasteiger charge is 2.06. The lowest BCUT2D eigenvalue weighted by Crippen LogP contribution is -2.24. The van der Waals surface area contributed by atoms with Crippen LogP contribution in [0.15, 0.2) is 24.3 Å². The van der Waals surface area contributed by atoms with Gasteiger partial charge >= 0.3 is 0 Å². The highest BCUT2D eigenvalue weighted by atomic mass is 16.5. The Balaban J connectivity index is 2.01. The Labute approximate surface area is 159 Å². The van der Waals surface area contributed by atoms with E-state index in [9.17, 15) is 4.79 Å². The molecule has 1 aromatic rings. The summed E-state index contributed by atoms with van der Waals surface area (Å²) in [5.41, 5.74) is 2.09. The molecule has 0 aromatic heterocycles. The second kappa shape index (κ2) is 13.9. The standard InChI is InChI=1S/C22H37NO3/c1-18(2)16-20-7-9-21(10-8-20)22(24)6-5-12-25-14-15-26-13-11-23-17-19(3)4/h7-10,18-19,23H,5-6,11-17H2,1-4H3. The van der Waals surface area contributed by atoms with Crippen molar-refractivity contribution < 1.29 is 14.3 Å². The van der Waals surface area contributed by atoms with Gasteiger partial charge in [-0.3, -0.25) is 4.79 Å². The highest BCUT2D eigenvalue weighted by Crippen LogP contribution is 2.12. The van der Waals surface area contributed by atoms with Crippen LogP contribution < -0.4 is 5.32 Å². The molecule has 0 aliphatic heterocycles. The average Bonchev–Trinajstić information content (AvgIpc) is 2.59. The summed E-state index contributed by atoms with van der Waals surface area (Å²) in [5, 5.41) is 3.33. The van der Waals surface area contributed by atoms with Gasteiger partial charge in [-0.05, 0) is 36.8 Å². The summed E-state index contributed by atoms with van der Waals surface area (Å²) in [6.07, 6.45) is 2.34. The number of Topliss-reactive ketones (excluding diaryl/α,β-unsaturated/α-hetero) is 1. The van der Waals surface area contributed by atoms with Crippen LogP contribution in [0.2, 0.25) is 0 Å². The molecular weight excluding hydrogens is 326 g/mol. The van der Waals surface area contributed by atoms with Crippen LogP contribution in [0.4, 0.5) is 0 Å². The Morgan fingerprint density at radius 3 is 2.19 bits per heavy atom. The van der Waals surface area contributed by atoms with Crippen LogP contribution >= 0.6 is 0 Å². The maximum atomic E-state index is 12.2. The summed E-state index contributed by atoms with van der Waals surface area (Å²) in [4.78, 5) is 12.2. The van der Waals surface area contributed by atoms with Crippen molar-refractivity contribution in [3.05, 3.63) is 35.4 Å². The Kier molecular flexibility index (Phi) is 12.2. The Hall–Kier alpha value is -1.23. The number of carbonyl (C=O) groups is 1. The molecule has 0 spiro atoms. The first-order valence-electron chi connectivity index (χ1n) is 9.97. The molecule has 1 rings (SSSR count). The fourth-order valence-electron chi connectivity index (χ4n) is 2.63. The third kappa shape index (κ3) is 11.4. The van der Waals surface area contributed by atoms with E-state index in [-0.39, 0.29) is 5.78 Å². The molecular formula is C22H37NO3. The van der Waals surface area contributed by atoms with Crippen LogP contribution in [-0.4, -0.2) is 45.3 Å². The lowest BCUT2D eigenvalue weighted by Gasteiger charge is -2.08. The third-order valence-corrected chi connectivity index (χ3v) is 3.96. The van der Waals surface area contributed by atoms with Gasteiger partial charge in [-0.1, -0.05) is 52.0 Å². The minimum atomic E-state index is 0.192. The summed E-state index contributed by atoms with van der Waals surface area (Å²) in [6, 6.07) is 8.03. The molecule has 0 atom stereocenters. The van der Waals surface area contributed by atoms with Crippen LogP contribution in [0, 0.1) is 11.8 Å². The molecule has 148 valence electrons. The number of ether oxygens (including phenoxy) is 2. The molecule has 26 heavy (non-hydrogen) atoms. The highest BCUT2D eigenvalue weighted by molar-refractivity contribution is 5.96. The van der Waals surface area contributed by atoms with Crippen LogP contribution in [0.1, 0.15) is 56.5 Å². The summed E-state index contributed by atoms with van der Waals surface area (Å²) in [5.74, 6) is 1.49. The molecule has 0 saturated carbocycles. The molecule has 0 aliphatic rings. The van der Waals surface area contributed by atoms with Gasteiger partial charge in [0.15, 0.2) is 5.78 Å². The van der Waals surface area contributed by atoms with E-state index >= 15 is 0 Å². The van der Waals surface area contributed by atoms with Gasteiger partial charge in [0.2, 0.25) is 0 Å². The maximum Gasteiger partial charge on any atom is 0.162 e. The topological polar surface area (TPSA) is 47.6 Å². The quantitative estimate of drug-likeness (QED) is 0.376. The number of benzene rings is 1. The van der Waals surface area contributed by atoms with E-state index < -0.39 is 0 Å². The van der Waals surface area contributed by atoms with Gasteiger partial charge < -0.3 is 14.8 Å². The number of ketones is 1. The predicted octanol–water partition coefficient (Wildman–Crippen LogP) is 4.13. The van der Waals surface area contributed by atoms with Gasteiger partial charge in [-0.2, -0.15) is 0 Å². The number of nitrogens with one attached hydrogen (secondary N) is 1. The van der Waals surface area contributed by atoms with E-state index in [1.54, 1.807) is 0 Å². The van der Waals surface area contributed by atoms with Crippen molar-refractivity contribution in [1.29, 1.82) is 0 Å². The van der Waals surface area contributed by atoms with Crippen molar-refractivity contribution in [2.24, 2.45) is 11.8 Å². The number of hydrogen-bond donors (Lipinski definition) is 1. The van der Waals surface area contributed by atoms with Crippen LogP contribution in [0.25, 0.3) is 0 Å². The van der Waals surface area contributed by atoms with Crippen molar-refractivity contribution in [3.63, 3.8) is 0 Å². The SMILES string of the molecule is CC(C)CNCCOCCOCCCC(=O)c1ccc(CC(C)C)cc1. The summed E-state index contributed by atoms with van der Waals surface area (Å²) < 4.78 is 11.0. The fraction of sp³-hybridized carbons (Fsp3) is 0.682. The zero-order valence-electron chi connectivity index (χ0n) is 17.1. The second-order valence-electron chi connectivity index (χ2n) is 7.64. The molecule has 0 fully saturated rings. The first-order chi connectivity index (χ1) is 12.5. The van der Waals surface area contributed by atoms with Crippen LogP contribution in [0.3, 0.4) is 0 Å². The lowest BCUT2D eigenvalue weighted by molar-refractivity contribution is 0.0470. The molecule has 4 heteroatoms. The van der Waals surface area contributed by atoms with Crippen molar-refractivity contribution >= 4 is 5.78 Å². The van der Waals surface area contributed by atoms with Gasteiger partial charge in [-0.25, -0.2) is 0 Å². The molecule has 0 aliphatic carbocycles. The van der Waals surface area contributed by atoms with E-state index in [2.05, 4.69) is 45.1 Å². The third-order valence-electron chi connectivity index (χ3n) is 3.96. The normalized spacial score (nSPS) is 11.5. The number of rotatable bonds is 15. The molecule has 0 saturated heterocycles. The van der Waals surface area contributed by atoms with Crippen molar-refractivity contribution in [2.75, 3.05) is 39.5 Å². The Bertz CT molecular complexity index is 483. The zero-order valence-corrected chi connectivity index (χ0v) is 17.1.